The zero-order valence-electron chi connectivity index (χ0n) is 13.5. The van der Waals surface area contributed by atoms with Crippen molar-refractivity contribution in [2.24, 2.45) is 0 Å². The van der Waals surface area contributed by atoms with Gasteiger partial charge in [-0.15, -0.1) is 0 Å². The molecule has 4 nitrogen and oxygen atoms in total. The van der Waals surface area contributed by atoms with Gasteiger partial charge >= 0.3 is 0 Å². The molecular weight excluding hydrogens is 300 g/mol. The van der Waals surface area contributed by atoms with Crippen LogP contribution in [-0.2, 0) is 0 Å². The Morgan fingerprint density at radius 3 is 2.29 bits per heavy atom. The Kier molecular flexibility index (Phi) is 3.50. The van der Waals surface area contributed by atoms with Crippen molar-refractivity contribution in [2.45, 2.75) is 0 Å². The summed E-state index contributed by atoms with van der Waals surface area (Å²) in [7, 11) is 3.25. The number of methoxy groups -OCH3 is 2. The summed E-state index contributed by atoms with van der Waals surface area (Å²) in [5.41, 5.74) is 2.76. The molecule has 0 amide bonds. The van der Waals surface area contributed by atoms with Gasteiger partial charge in [-0.2, -0.15) is 0 Å². The van der Waals surface area contributed by atoms with E-state index in [0.29, 0.717) is 11.5 Å². The number of fused-ring (bicyclic) bond motifs is 2. The molecule has 0 atom stereocenters. The van der Waals surface area contributed by atoms with Crippen LogP contribution in [0.25, 0.3) is 32.9 Å². The van der Waals surface area contributed by atoms with Crippen molar-refractivity contribution >= 4 is 21.7 Å². The van der Waals surface area contributed by atoms with Crippen LogP contribution in [-0.4, -0.2) is 24.2 Å². The summed E-state index contributed by atoms with van der Waals surface area (Å²) in [6, 6.07) is 18.4. The molecule has 24 heavy (non-hydrogen) atoms. The van der Waals surface area contributed by atoms with Crippen LogP contribution in [0.2, 0.25) is 0 Å². The van der Waals surface area contributed by atoms with Gasteiger partial charge in [0, 0.05) is 17.0 Å². The first-order valence-electron chi connectivity index (χ1n) is 7.66. The minimum absolute atomic E-state index is 0.660. The van der Waals surface area contributed by atoms with E-state index in [-0.39, 0.29) is 0 Å². The second kappa shape index (κ2) is 5.81. The Morgan fingerprint density at radius 2 is 1.50 bits per heavy atom. The molecule has 4 heteroatoms. The predicted molar refractivity (Wildman–Crippen MR) is 95.6 cm³/mol. The van der Waals surface area contributed by atoms with Gasteiger partial charge < -0.3 is 9.47 Å². The van der Waals surface area contributed by atoms with Crippen LogP contribution in [0.1, 0.15) is 0 Å². The van der Waals surface area contributed by atoms with Gasteiger partial charge in [0.2, 0.25) is 0 Å². The molecule has 0 spiro atoms. The lowest BCUT2D eigenvalue weighted by atomic mass is 10.0. The number of rotatable bonds is 3. The molecule has 118 valence electrons. The maximum atomic E-state index is 5.42. The highest BCUT2D eigenvalue weighted by atomic mass is 16.5. The van der Waals surface area contributed by atoms with Crippen LogP contribution < -0.4 is 9.47 Å². The van der Waals surface area contributed by atoms with E-state index in [1.165, 1.54) is 10.8 Å². The standard InChI is InChI=1S/C20H16N2O2/c1-23-18-10-16-17(11-19(18)24-2)21-12-22-20(16)15-8-7-13-5-3-4-6-14(13)9-15/h3-12H,1-2H3. The SMILES string of the molecule is COc1cc2ncnc(-c3ccc4ccccc4c3)c2cc1OC. The van der Waals surface area contributed by atoms with Gasteiger partial charge in [0.25, 0.3) is 0 Å². The number of aromatic nitrogens is 2. The average molecular weight is 316 g/mol. The normalized spacial score (nSPS) is 10.9. The summed E-state index contributed by atoms with van der Waals surface area (Å²) < 4.78 is 10.8. The molecule has 0 saturated carbocycles. The highest BCUT2D eigenvalue weighted by molar-refractivity contribution is 5.96. The Morgan fingerprint density at radius 1 is 0.750 bits per heavy atom. The third-order valence-corrected chi connectivity index (χ3v) is 4.16. The Bertz CT molecular complexity index is 1040. The van der Waals surface area contributed by atoms with Crippen LogP contribution in [0, 0.1) is 0 Å². The fourth-order valence-electron chi connectivity index (χ4n) is 2.95. The first-order chi connectivity index (χ1) is 11.8. The van der Waals surface area contributed by atoms with Gasteiger partial charge in [-0.1, -0.05) is 36.4 Å². The molecule has 0 saturated heterocycles. The van der Waals surface area contributed by atoms with Crippen LogP contribution in [0.4, 0.5) is 0 Å². The lowest BCUT2D eigenvalue weighted by Gasteiger charge is -2.11. The zero-order valence-corrected chi connectivity index (χ0v) is 13.5. The number of hydrogen-bond acceptors (Lipinski definition) is 4. The van der Waals surface area contributed by atoms with Gasteiger partial charge in [0.05, 0.1) is 25.4 Å². The molecule has 0 bridgehead atoms. The highest BCUT2D eigenvalue weighted by Gasteiger charge is 2.12. The van der Waals surface area contributed by atoms with Gasteiger partial charge in [0.15, 0.2) is 11.5 Å². The van der Waals surface area contributed by atoms with Crippen molar-refractivity contribution in [3.63, 3.8) is 0 Å². The van der Waals surface area contributed by atoms with Gasteiger partial charge in [-0.25, -0.2) is 9.97 Å². The van der Waals surface area contributed by atoms with Crippen molar-refractivity contribution in [2.75, 3.05) is 14.2 Å². The number of benzene rings is 3. The number of nitrogens with zero attached hydrogens (tertiary/aromatic N) is 2. The quantitative estimate of drug-likeness (QED) is 0.559. The zero-order chi connectivity index (χ0) is 16.5. The molecule has 1 aromatic heterocycles. The topological polar surface area (TPSA) is 44.2 Å². The Labute approximate surface area is 139 Å². The van der Waals surface area contributed by atoms with Crippen LogP contribution >= 0.6 is 0 Å². The second-order valence-corrected chi connectivity index (χ2v) is 5.51. The van der Waals surface area contributed by atoms with Crippen molar-refractivity contribution in [3.8, 4) is 22.8 Å². The number of hydrogen-bond donors (Lipinski definition) is 0. The monoisotopic (exact) mass is 316 g/mol. The van der Waals surface area contributed by atoms with Gasteiger partial charge in [0.1, 0.15) is 6.33 Å². The third-order valence-electron chi connectivity index (χ3n) is 4.16. The van der Waals surface area contributed by atoms with E-state index in [4.69, 9.17) is 9.47 Å². The molecule has 3 aromatic carbocycles. The molecule has 1 heterocycles. The highest BCUT2D eigenvalue weighted by Crippen LogP contribution is 2.35. The summed E-state index contributed by atoms with van der Waals surface area (Å²) in [4.78, 5) is 8.87. The van der Waals surface area contributed by atoms with Gasteiger partial charge in [-0.05, 0) is 22.9 Å². The molecule has 0 unspecified atom stereocenters. The molecular formula is C20H16N2O2. The average Bonchev–Trinajstić information content (AvgIpc) is 2.65. The van der Waals surface area contributed by atoms with E-state index in [0.717, 1.165) is 22.2 Å². The van der Waals surface area contributed by atoms with Crippen molar-refractivity contribution in [3.05, 3.63) is 60.9 Å². The molecule has 0 aliphatic rings. The molecule has 0 aliphatic heterocycles. The summed E-state index contributed by atoms with van der Waals surface area (Å²) in [5, 5.41) is 3.33. The fourth-order valence-corrected chi connectivity index (χ4v) is 2.95. The molecule has 0 N–H and O–H groups in total. The van der Waals surface area contributed by atoms with E-state index in [9.17, 15) is 0 Å². The summed E-state index contributed by atoms with van der Waals surface area (Å²) >= 11 is 0. The fraction of sp³-hybridized carbons (Fsp3) is 0.100. The van der Waals surface area contributed by atoms with Crippen molar-refractivity contribution < 1.29 is 9.47 Å². The Balaban J connectivity index is 1.97. The molecule has 4 rings (SSSR count). The molecule has 0 aliphatic carbocycles. The minimum Gasteiger partial charge on any atom is -0.493 e. The molecule has 0 radical (unpaired) electrons. The summed E-state index contributed by atoms with van der Waals surface area (Å²) in [5.74, 6) is 1.33. The van der Waals surface area contributed by atoms with Crippen molar-refractivity contribution in [1.82, 2.24) is 9.97 Å². The maximum Gasteiger partial charge on any atom is 0.162 e. The Hall–Kier alpha value is -3.14. The second-order valence-electron chi connectivity index (χ2n) is 5.51. The maximum absolute atomic E-state index is 5.42. The largest absolute Gasteiger partial charge is 0.493 e. The lowest BCUT2D eigenvalue weighted by molar-refractivity contribution is 0.356. The smallest absolute Gasteiger partial charge is 0.162 e. The van der Waals surface area contributed by atoms with Gasteiger partial charge in [-0.3, -0.25) is 0 Å². The lowest BCUT2D eigenvalue weighted by Crippen LogP contribution is -1.94. The van der Waals surface area contributed by atoms with E-state index >= 15 is 0 Å². The first-order valence-corrected chi connectivity index (χ1v) is 7.66. The predicted octanol–water partition coefficient (Wildman–Crippen LogP) is 4.47. The minimum atomic E-state index is 0.660. The molecule has 4 aromatic rings. The van der Waals surface area contributed by atoms with E-state index in [1.807, 2.05) is 24.3 Å². The van der Waals surface area contributed by atoms with Crippen LogP contribution in [0.5, 0.6) is 11.5 Å². The summed E-state index contributed by atoms with van der Waals surface area (Å²) in [6.45, 7) is 0. The van der Waals surface area contributed by atoms with Crippen LogP contribution in [0.15, 0.2) is 60.9 Å². The number of ether oxygens (including phenoxy) is 2. The summed E-state index contributed by atoms with van der Waals surface area (Å²) in [6.07, 6.45) is 1.58. The molecule has 0 fully saturated rings. The van der Waals surface area contributed by atoms with E-state index in [1.54, 1.807) is 20.5 Å². The third kappa shape index (κ3) is 2.33. The van der Waals surface area contributed by atoms with E-state index < -0.39 is 0 Å². The van der Waals surface area contributed by atoms with Crippen LogP contribution in [0.3, 0.4) is 0 Å². The first kappa shape index (κ1) is 14.5. The van der Waals surface area contributed by atoms with E-state index in [2.05, 4.69) is 40.3 Å². The van der Waals surface area contributed by atoms with Crippen molar-refractivity contribution in [1.29, 1.82) is 0 Å².